The van der Waals surface area contributed by atoms with Gasteiger partial charge in [-0.25, -0.2) is 4.98 Å². The van der Waals surface area contributed by atoms with Gasteiger partial charge in [0.2, 0.25) is 0 Å². The van der Waals surface area contributed by atoms with Crippen LogP contribution in [-0.4, -0.2) is 4.98 Å². The van der Waals surface area contributed by atoms with E-state index in [1.165, 1.54) is 10.8 Å². The Morgan fingerprint density at radius 2 is 1.89 bits per heavy atom. The lowest BCUT2D eigenvalue weighted by atomic mass is 10.0. The zero-order valence-corrected chi connectivity index (χ0v) is 10.9. The third-order valence-electron chi connectivity index (χ3n) is 3.08. The van der Waals surface area contributed by atoms with Gasteiger partial charge in [-0.1, -0.05) is 36.4 Å². The van der Waals surface area contributed by atoms with Crippen LogP contribution in [0.2, 0.25) is 0 Å². The van der Waals surface area contributed by atoms with Gasteiger partial charge < -0.3 is 5.73 Å². The predicted octanol–water partition coefficient (Wildman–Crippen LogP) is 3.65. The van der Waals surface area contributed by atoms with Crippen molar-refractivity contribution in [1.82, 2.24) is 4.98 Å². The van der Waals surface area contributed by atoms with E-state index in [1.807, 2.05) is 13.1 Å². The van der Waals surface area contributed by atoms with Crippen LogP contribution in [0, 0.1) is 6.92 Å². The normalized spacial score (nSPS) is 12.8. The van der Waals surface area contributed by atoms with E-state index in [1.54, 1.807) is 11.3 Å². The van der Waals surface area contributed by atoms with E-state index >= 15 is 0 Å². The Labute approximate surface area is 110 Å². The molecule has 1 heterocycles. The maximum Gasteiger partial charge on any atom is 0.0897 e. The number of hydrogen-bond acceptors (Lipinski definition) is 3. The molecule has 0 aliphatic rings. The Hall–Kier alpha value is -1.71. The van der Waals surface area contributed by atoms with Crippen LogP contribution in [0.4, 0.5) is 0 Å². The highest BCUT2D eigenvalue weighted by Crippen LogP contribution is 2.27. The third-order valence-corrected chi connectivity index (χ3v) is 4.07. The van der Waals surface area contributed by atoms with Crippen LogP contribution in [0.5, 0.6) is 0 Å². The molecule has 0 aliphatic carbocycles. The van der Waals surface area contributed by atoms with Gasteiger partial charge in [0.05, 0.1) is 11.0 Å². The van der Waals surface area contributed by atoms with Crippen LogP contribution in [0.3, 0.4) is 0 Å². The molecule has 3 heteroatoms. The van der Waals surface area contributed by atoms with E-state index in [4.69, 9.17) is 5.73 Å². The van der Waals surface area contributed by atoms with Crippen molar-refractivity contribution < 1.29 is 0 Å². The fourth-order valence-corrected chi connectivity index (χ4v) is 2.90. The van der Waals surface area contributed by atoms with Gasteiger partial charge in [-0.3, -0.25) is 0 Å². The molecule has 0 aliphatic heterocycles. The lowest BCUT2D eigenvalue weighted by Gasteiger charge is -2.10. The third kappa shape index (κ3) is 2.03. The van der Waals surface area contributed by atoms with Crippen LogP contribution >= 0.6 is 11.3 Å². The Bertz CT molecular complexity index is 688. The van der Waals surface area contributed by atoms with Crippen LogP contribution in [-0.2, 0) is 0 Å². The average molecular weight is 254 g/mol. The Balaban J connectivity index is 2.03. The first kappa shape index (κ1) is 11.4. The average Bonchev–Trinajstić information content (AvgIpc) is 2.84. The summed E-state index contributed by atoms with van der Waals surface area (Å²) in [6.45, 7) is 2.00. The van der Waals surface area contributed by atoms with Crippen molar-refractivity contribution in [2.45, 2.75) is 13.0 Å². The number of nitrogens with two attached hydrogens (primary N) is 1. The molecule has 1 atom stereocenters. The number of thiazole rings is 1. The van der Waals surface area contributed by atoms with E-state index in [0.29, 0.717) is 0 Å². The predicted molar refractivity (Wildman–Crippen MR) is 76.8 cm³/mol. The lowest BCUT2D eigenvalue weighted by molar-refractivity contribution is 0.891. The summed E-state index contributed by atoms with van der Waals surface area (Å²) in [7, 11) is 0. The number of nitrogens with zero attached hydrogens (tertiary/aromatic N) is 1. The smallest absolute Gasteiger partial charge is 0.0897 e. The summed E-state index contributed by atoms with van der Waals surface area (Å²) in [6.07, 6.45) is 1.87. The number of aryl methyl sites for hydroxylation is 1. The largest absolute Gasteiger partial charge is 0.320 e. The van der Waals surface area contributed by atoms with Crippen LogP contribution in [0.25, 0.3) is 10.8 Å². The second-order valence-electron chi connectivity index (χ2n) is 4.37. The van der Waals surface area contributed by atoms with Crippen molar-refractivity contribution in [3.8, 4) is 0 Å². The van der Waals surface area contributed by atoms with Gasteiger partial charge in [0.25, 0.3) is 0 Å². The molecule has 0 spiro atoms. The molecule has 0 amide bonds. The van der Waals surface area contributed by atoms with Crippen molar-refractivity contribution in [3.05, 3.63) is 64.1 Å². The van der Waals surface area contributed by atoms with Crippen LogP contribution in [0.15, 0.2) is 48.7 Å². The molecule has 1 unspecified atom stereocenters. The van der Waals surface area contributed by atoms with Crippen LogP contribution < -0.4 is 5.73 Å². The monoisotopic (exact) mass is 254 g/mol. The molecule has 18 heavy (non-hydrogen) atoms. The molecule has 3 rings (SSSR count). The number of benzene rings is 2. The summed E-state index contributed by atoms with van der Waals surface area (Å²) in [6, 6.07) is 14.6. The molecule has 90 valence electrons. The van der Waals surface area contributed by atoms with Crippen molar-refractivity contribution >= 4 is 22.1 Å². The lowest BCUT2D eigenvalue weighted by Crippen LogP contribution is -2.09. The second kappa shape index (κ2) is 4.52. The number of rotatable bonds is 2. The summed E-state index contributed by atoms with van der Waals surface area (Å²) >= 11 is 1.66. The van der Waals surface area contributed by atoms with Gasteiger partial charge in [0, 0.05) is 11.1 Å². The zero-order chi connectivity index (χ0) is 12.5. The molecule has 0 saturated carbocycles. The minimum Gasteiger partial charge on any atom is -0.320 e. The summed E-state index contributed by atoms with van der Waals surface area (Å²) in [5.41, 5.74) is 7.43. The minimum absolute atomic E-state index is 0.0826. The molecule has 0 radical (unpaired) electrons. The van der Waals surface area contributed by atoms with Crippen molar-refractivity contribution in [2.75, 3.05) is 0 Å². The maximum atomic E-state index is 6.29. The zero-order valence-electron chi connectivity index (χ0n) is 10.1. The maximum absolute atomic E-state index is 6.29. The summed E-state index contributed by atoms with van der Waals surface area (Å²) in [5.74, 6) is 0. The van der Waals surface area contributed by atoms with Gasteiger partial charge in [-0.2, -0.15) is 0 Å². The van der Waals surface area contributed by atoms with Gasteiger partial charge in [-0.05, 0) is 29.3 Å². The SMILES string of the molecule is Cc1ncc(C(N)c2ccc3ccccc3c2)s1. The first-order chi connectivity index (χ1) is 8.74. The van der Waals surface area contributed by atoms with E-state index in [-0.39, 0.29) is 6.04 Å². The molecule has 2 aromatic carbocycles. The molecule has 0 saturated heterocycles. The number of hydrogen-bond donors (Lipinski definition) is 1. The highest BCUT2D eigenvalue weighted by atomic mass is 32.1. The Morgan fingerprint density at radius 1 is 1.11 bits per heavy atom. The molecular weight excluding hydrogens is 240 g/mol. The van der Waals surface area contributed by atoms with Gasteiger partial charge in [0.1, 0.15) is 0 Å². The quantitative estimate of drug-likeness (QED) is 0.758. The van der Waals surface area contributed by atoms with Gasteiger partial charge >= 0.3 is 0 Å². The van der Waals surface area contributed by atoms with Gasteiger partial charge in [-0.15, -0.1) is 11.3 Å². The molecule has 3 aromatic rings. The first-order valence-corrected chi connectivity index (χ1v) is 6.72. The Kier molecular flexibility index (Phi) is 2.86. The highest BCUT2D eigenvalue weighted by molar-refractivity contribution is 7.11. The molecule has 0 fully saturated rings. The first-order valence-electron chi connectivity index (χ1n) is 5.90. The van der Waals surface area contributed by atoms with E-state index in [9.17, 15) is 0 Å². The molecular formula is C15H14N2S. The van der Waals surface area contributed by atoms with Gasteiger partial charge in [0.15, 0.2) is 0 Å². The van der Waals surface area contributed by atoms with Crippen molar-refractivity contribution in [3.63, 3.8) is 0 Å². The second-order valence-corrected chi connectivity index (χ2v) is 5.63. The molecule has 2 nitrogen and oxygen atoms in total. The van der Waals surface area contributed by atoms with Crippen molar-refractivity contribution in [1.29, 1.82) is 0 Å². The number of aromatic nitrogens is 1. The van der Waals surface area contributed by atoms with E-state index in [2.05, 4.69) is 47.4 Å². The topological polar surface area (TPSA) is 38.9 Å². The molecule has 2 N–H and O–H groups in total. The van der Waals surface area contributed by atoms with Crippen molar-refractivity contribution in [2.24, 2.45) is 5.73 Å². The fraction of sp³-hybridized carbons (Fsp3) is 0.133. The summed E-state index contributed by atoms with van der Waals surface area (Å²) < 4.78 is 0. The standard InChI is InChI=1S/C15H14N2S/c1-10-17-9-14(18-10)15(16)13-7-6-11-4-2-3-5-12(11)8-13/h2-9,15H,16H2,1H3. The van der Waals surface area contributed by atoms with E-state index in [0.717, 1.165) is 15.4 Å². The van der Waals surface area contributed by atoms with E-state index < -0.39 is 0 Å². The summed E-state index contributed by atoms with van der Waals surface area (Å²) in [5, 5.41) is 3.53. The molecule has 0 bridgehead atoms. The molecule has 1 aromatic heterocycles. The summed E-state index contributed by atoms with van der Waals surface area (Å²) in [4.78, 5) is 5.38. The fourth-order valence-electron chi connectivity index (χ4n) is 2.09. The van der Waals surface area contributed by atoms with Crippen LogP contribution in [0.1, 0.15) is 21.5 Å². The highest BCUT2D eigenvalue weighted by Gasteiger charge is 2.11. The minimum atomic E-state index is -0.0826. The number of fused-ring (bicyclic) bond motifs is 1. The Morgan fingerprint density at radius 3 is 2.61 bits per heavy atom.